The first-order chi connectivity index (χ1) is 19.8. The van der Waals surface area contributed by atoms with Crippen molar-refractivity contribution >= 4 is 39.1 Å². The number of ether oxygens (including phenoxy) is 1. The number of hydrogen-bond donors (Lipinski definition) is 1. The largest absolute Gasteiger partial charge is 0.492 e. The molecule has 3 aromatic rings. The van der Waals surface area contributed by atoms with E-state index in [2.05, 4.69) is 5.32 Å². The minimum atomic E-state index is -4.25. The zero-order valence-corrected chi connectivity index (χ0v) is 26.6. The fourth-order valence-corrected chi connectivity index (χ4v) is 6.12. The maximum atomic E-state index is 14.3. The quantitative estimate of drug-likeness (QED) is 0.272. The summed E-state index contributed by atoms with van der Waals surface area (Å²) in [6.45, 7) is 11.0. The lowest BCUT2D eigenvalue weighted by atomic mass is 10.0. The Morgan fingerprint density at radius 1 is 0.976 bits per heavy atom. The van der Waals surface area contributed by atoms with Gasteiger partial charge in [0.2, 0.25) is 11.8 Å². The average molecular weight is 614 g/mol. The molecule has 3 aromatic carbocycles. The Morgan fingerprint density at radius 2 is 1.64 bits per heavy atom. The summed E-state index contributed by atoms with van der Waals surface area (Å²) >= 11 is 6.04. The van der Waals surface area contributed by atoms with Crippen molar-refractivity contribution in [3.8, 4) is 5.75 Å². The van der Waals surface area contributed by atoms with Crippen LogP contribution in [0.25, 0.3) is 0 Å². The highest BCUT2D eigenvalue weighted by Crippen LogP contribution is 2.33. The maximum absolute atomic E-state index is 14.3. The third kappa shape index (κ3) is 8.49. The number of carbonyl (C=O) groups is 2. The number of nitrogens with zero attached hydrogens (tertiary/aromatic N) is 2. The van der Waals surface area contributed by atoms with Crippen LogP contribution in [0.4, 0.5) is 5.69 Å². The Labute approximate surface area is 254 Å². The van der Waals surface area contributed by atoms with Gasteiger partial charge in [-0.05, 0) is 83.0 Å². The summed E-state index contributed by atoms with van der Waals surface area (Å²) in [6.07, 6.45) is 0.332. The van der Waals surface area contributed by atoms with Crippen LogP contribution >= 0.6 is 11.6 Å². The molecule has 0 spiro atoms. The number of sulfonamides is 1. The topological polar surface area (TPSA) is 96.0 Å². The number of halogens is 1. The van der Waals surface area contributed by atoms with Gasteiger partial charge in [-0.15, -0.1) is 0 Å². The Morgan fingerprint density at radius 3 is 2.24 bits per heavy atom. The van der Waals surface area contributed by atoms with Crippen LogP contribution in [-0.2, 0) is 26.2 Å². The van der Waals surface area contributed by atoms with Gasteiger partial charge in [-0.1, -0.05) is 60.5 Å². The van der Waals surface area contributed by atoms with Gasteiger partial charge >= 0.3 is 0 Å². The van der Waals surface area contributed by atoms with Crippen LogP contribution < -0.4 is 14.4 Å². The van der Waals surface area contributed by atoms with Crippen LogP contribution in [0.3, 0.4) is 0 Å². The lowest BCUT2D eigenvalue weighted by Crippen LogP contribution is -2.55. The van der Waals surface area contributed by atoms with E-state index in [1.54, 1.807) is 31.2 Å². The summed E-state index contributed by atoms with van der Waals surface area (Å²) in [5.41, 5.74) is 1.52. The number of benzene rings is 3. The molecule has 226 valence electrons. The first-order valence-corrected chi connectivity index (χ1v) is 15.8. The molecule has 0 heterocycles. The van der Waals surface area contributed by atoms with E-state index < -0.39 is 34.1 Å². The molecule has 0 aliphatic heterocycles. The molecule has 8 nitrogen and oxygen atoms in total. The standard InChI is InChI=1S/C32H40ClN3O5S/c1-7-27(31(38)34-32(4,5)6)35(21-24-13-11-12-23(3)20-24)30(37)22-36(28-14-9-10-15-29(28)41-8-2)42(39,40)26-18-16-25(33)17-19-26/h9-20,27H,7-8,21-22H2,1-6H3,(H,34,38). The molecule has 42 heavy (non-hydrogen) atoms. The van der Waals surface area contributed by atoms with E-state index in [0.717, 1.165) is 15.4 Å². The minimum absolute atomic E-state index is 0.0336. The summed E-state index contributed by atoms with van der Waals surface area (Å²) in [5, 5.41) is 3.36. The fraction of sp³-hybridized carbons (Fsp3) is 0.375. The van der Waals surface area contributed by atoms with E-state index in [-0.39, 0.29) is 23.0 Å². The van der Waals surface area contributed by atoms with Crippen LogP contribution in [0.1, 0.15) is 52.2 Å². The van der Waals surface area contributed by atoms with Gasteiger partial charge in [-0.3, -0.25) is 13.9 Å². The number of aryl methyl sites for hydroxylation is 1. The number of para-hydroxylation sites is 2. The Kier molecular flexibility index (Phi) is 11.0. The molecule has 0 saturated heterocycles. The normalized spacial score (nSPS) is 12.4. The number of nitrogens with one attached hydrogen (secondary N) is 1. The van der Waals surface area contributed by atoms with Crippen molar-refractivity contribution in [1.29, 1.82) is 0 Å². The van der Waals surface area contributed by atoms with Crippen molar-refractivity contribution in [3.05, 3.63) is 88.9 Å². The second-order valence-electron chi connectivity index (χ2n) is 11.0. The van der Waals surface area contributed by atoms with E-state index in [0.29, 0.717) is 23.8 Å². The van der Waals surface area contributed by atoms with Gasteiger partial charge in [0.05, 0.1) is 17.2 Å². The molecule has 1 atom stereocenters. The molecule has 0 saturated carbocycles. The zero-order chi connectivity index (χ0) is 31.1. The second kappa shape index (κ2) is 14.1. The Balaban J connectivity index is 2.13. The molecular weight excluding hydrogens is 574 g/mol. The van der Waals surface area contributed by atoms with Gasteiger partial charge in [-0.25, -0.2) is 8.42 Å². The lowest BCUT2D eigenvalue weighted by molar-refractivity contribution is -0.141. The SMILES string of the molecule is CCOc1ccccc1N(CC(=O)N(Cc1cccc(C)c1)C(CC)C(=O)NC(C)(C)C)S(=O)(=O)c1ccc(Cl)cc1. The maximum Gasteiger partial charge on any atom is 0.264 e. The van der Waals surface area contributed by atoms with E-state index in [9.17, 15) is 18.0 Å². The highest BCUT2D eigenvalue weighted by Gasteiger charge is 2.35. The van der Waals surface area contributed by atoms with Crippen molar-refractivity contribution in [2.45, 2.75) is 71.0 Å². The third-order valence-electron chi connectivity index (χ3n) is 6.43. The molecule has 0 radical (unpaired) electrons. The van der Waals surface area contributed by atoms with E-state index in [1.807, 2.05) is 58.9 Å². The lowest BCUT2D eigenvalue weighted by Gasteiger charge is -2.35. The van der Waals surface area contributed by atoms with Crippen LogP contribution in [0, 0.1) is 6.92 Å². The van der Waals surface area contributed by atoms with E-state index >= 15 is 0 Å². The monoisotopic (exact) mass is 613 g/mol. The first-order valence-electron chi connectivity index (χ1n) is 13.9. The van der Waals surface area contributed by atoms with Crippen molar-refractivity contribution in [2.75, 3.05) is 17.5 Å². The van der Waals surface area contributed by atoms with E-state index in [1.165, 1.54) is 29.2 Å². The molecule has 0 fully saturated rings. The number of hydrogen-bond acceptors (Lipinski definition) is 5. The van der Waals surface area contributed by atoms with Gasteiger partial charge in [0, 0.05) is 17.1 Å². The van der Waals surface area contributed by atoms with Crippen LogP contribution in [0.15, 0.2) is 77.7 Å². The van der Waals surface area contributed by atoms with Crippen LogP contribution in [0.5, 0.6) is 5.75 Å². The molecule has 10 heteroatoms. The molecule has 0 aliphatic rings. The summed E-state index contributed by atoms with van der Waals surface area (Å²) < 4.78 is 35.0. The summed E-state index contributed by atoms with van der Waals surface area (Å²) in [4.78, 5) is 29.2. The van der Waals surface area contributed by atoms with Crippen molar-refractivity contribution in [1.82, 2.24) is 10.2 Å². The van der Waals surface area contributed by atoms with Crippen molar-refractivity contribution in [2.24, 2.45) is 0 Å². The molecule has 0 aliphatic carbocycles. The highest BCUT2D eigenvalue weighted by atomic mass is 35.5. The summed E-state index contributed by atoms with van der Waals surface area (Å²) in [7, 11) is -4.25. The van der Waals surface area contributed by atoms with Crippen LogP contribution in [-0.4, -0.2) is 49.9 Å². The predicted octanol–water partition coefficient (Wildman–Crippen LogP) is 5.96. The predicted molar refractivity (Wildman–Crippen MR) is 167 cm³/mol. The molecule has 3 rings (SSSR count). The number of anilines is 1. The van der Waals surface area contributed by atoms with Gasteiger partial charge in [0.25, 0.3) is 10.0 Å². The van der Waals surface area contributed by atoms with Gasteiger partial charge in [-0.2, -0.15) is 0 Å². The summed E-state index contributed by atoms with van der Waals surface area (Å²) in [5.74, 6) is -0.530. The Bertz CT molecular complexity index is 1490. The molecule has 0 bridgehead atoms. The number of amides is 2. The number of carbonyl (C=O) groups excluding carboxylic acids is 2. The summed E-state index contributed by atoms with van der Waals surface area (Å²) in [6, 6.07) is 19.3. The Hall–Kier alpha value is -3.56. The van der Waals surface area contributed by atoms with Gasteiger partial charge < -0.3 is 15.0 Å². The third-order valence-corrected chi connectivity index (χ3v) is 8.46. The molecule has 1 N–H and O–H groups in total. The average Bonchev–Trinajstić information content (AvgIpc) is 2.91. The first kappa shape index (κ1) is 32.9. The van der Waals surface area contributed by atoms with Gasteiger partial charge in [0.1, 0.15) is 18.3 Å². The minimum Gasteiger partial charge on any atom is -0.492 e. The van der Waals surface area contributed by atoms with E-state index in [4.69, 9.17) is 16.3 Å². The molecular formula is C32H40ClN3O5S. The van der Waals surface area contributed by atoms with Crippen molar-refractivity contribution < 1.29 is 22.7 Å². The molecule has 0 aromatic heterocycles. The fourth-order valence-electron chi connectivity index (χ4n) is 4.57. The molecule has 2 amide bonds. The zero-order valence-electron chi connectivity index (χ0n) is 25.1. The molecule has 1 unspecified atom stereocenters. The van der Waals surface area contributed by atoms with Gasteiger partial charge in [0.15, 0.2) is 0 Å². The second-order valence-corrected chi connectivity index (χ2v) is 13.3. The van der Waals surface area contributed by atoms with Crippen molar-refractivity contribution in [3.63, 3.8) is 0 Å². The smallest absolute Gasteiger partial charge is 0.264 e. The number of rotatable bonds is 12. The highest BCUT2D eigenvalue weighted by molar-refractivity contribution is 7.92. The van der Waals surface area contributed by atoms with Crippen LogP contribution in [0.2, 0.25) is 5.02 Å².